The molecule has 2 amide bonds. The Morgan fingerprint density at radius 1 is 1.14 bits per heavy atom. The lowest BCUT2D eigenvalue weighted by molar-refractivity contribution is -0.119. The smallest absolute Gasteiger partial charge is 0.274 e. The molecule has 0 aliphatic carbocycles. The lowest BCUT2D eigenvalue weighted by atomic mass is 10.1. The molecule has 0 unspecified atom stereocenters. The van der Waals surface area contributed by atoms with Gasteiger partial charge in [-0.15, -0.1) is 0 Å². The molecule has 1 aromatic heterocycles. The fourth-order valence-corrected chi connectivity index (χ4v) is 2.05. The number of hydrogen-bond donors (Lipinski definition) is 2. The van der Waals surface area contributed by atoms with Crippen molar-refractivity contribution >= 4 is 33.4 Å². The summed E-state index contributed by atoms with van der Waals surface area (Å²) in [7, 11) is 1.60. The van der Waals surface area contributed by atoms with Crippen molar-refractivity contribution in [2.24, 2.45) is 0 Å². The maximum absolute atomic E-state index is 12.0. The predicted octanol–water partition coefficient (Wildman–Crippen LogP) is 2.38. The molecule has 0 aliphatic rings. The van der Waals surface area contributed by atoms with Crippen LogP contribution in [0.25, 0.3) is 0 Å². The van der Waals surface area contributed by atoms with Crippen molar-refractivity contribution in [3.8, 4) is 0 Å². The number of pyridine rings is 1. The van der Waals surface area contributed by atoms with Crippen molar-refractivity contribution in [3.05, 3.63) is 58.3 Å². The Hall–Kier alpha value is -2.21. The molecule has 6 heteroatoms. The monoisotopic (exact) mass is 347 g/mol. The highest BCUT2D eigenvalue weighted by molar-refractivity contribution is 9.10. The Morgan fingerprint density at radius 3 is 2.48 bits per heavy atom. The van der Waals surface area contributed by atoms with Gasteiger partial charge < -0.3 is 10.6 Å². The van der Waals surface area contributed by atoms with Crippen molar-refractivity contribution in [1.82, 2.24) is 10.3 Å². The van der Waals surface area contributed by atoms with E-state index in [1.807, 2.05) is 0 Å². The number of benzene rings is 1. The van der Waals surface area contributed by atoms with Crippen molar-refractivity contribution in [2.45, 2.75) is 6.42 Å². The van der Waals surface area contributed by atoms with E-state index in [9.17, 15) is 9.59 Å². The Bertz CT molecular complexity index is 656. The average Bonchev–Trinajstić information content (AvgIpc) is 2.49. The minimum atomic E-state index is -0.282. The van der Waals surface area contributed by atoms with Crippen LogP contribution in [0.4, 0.5) is 5.69 Å². The summed E-state index contributed by atoms with van der Waals surface area (Å²) in [6.45, 7) is 0. The molecule has 2 rings (SSSR count). The number of halogens is 1. The van der Waals surface area contributed by atoms with E-state index in [2.05, 4.69) is 31.5 Å². The number of carbonyl (C=O) groups excluding carboxylic acids is 2. The first-order valence-electron chi connectivity index (χ1n) is 6.32. The third kappa shape index (κ3) is 4.39. The fraction of sp³-hybridized carbons (Fsp3) is 0.133. The first kappa shape index (κ1) is 15.2. The molecule has 0 fully saturated rings. The first-order valence-corrected chi connectivity index (χ1v) is 7.11. The molecule has 0 radical (unpaired) electrons. The summed E-state index contributed by atoms with van der Waals surface area (Å²) >= 11 is 3.23. The molecule has 0 bridgehead atoms. The number of hydrogen-bond acceptors (Lipinski definition) is 3. The van der Waals surface area contributed by atoms with Gasteiger partial charge >= 0.3 is 0 Å². The second kappa shape index (κ2) is 6.99. The Labute approximate surface area is 130 Å². The molecular weight excluding hydrogens is 334 g/mol. The maximum atomic E-state index is 12.0. The van der Waals surface area contributed by atoms with Crippen LogP contribution in [0.5, 0.6) is 0 Å². The van der Waals surface area contributed by atoms with Gasteiger partial charge in [0.1, 0.15) is 10.3 Å². The number of anilines is 1. The highest BCUT2D eigenvalue weighted by Crippen LogP contribution is 2.12. The van der Waals surface area contributed by atoms with E-state index in [1.165, 1.54) is 0 Å². The molecule has 108 valence electrons. The van der Waals surface area contributed by atoms with Crippen LogP contribution in [0.15, 0.2) is 47.1 Å². The molecule has 2 aromatic rings. The molecule has 1 heterocycles. The van der Waals surface area contributed by atoms with E-state index in [-0.39, 0.29) is 11.8 Å². The van der Waals surface area contributed by atoms with Gasteiger partial charge in [0.25, 0.3) is 5.91 Å². The molecule has 0 saturated heterocycles. The number of carbonyl (C=O) groups is 2. The third-order valence-electron chi connectivity index (χ3n) is 2.80. The highest BCUT2D eigenvalue weighted by Gasteiger charge is 2.08. The molecule has 0 saturated carbocycles. The second-order valence-corrected chi connectivity index (χ2v) is 5.16. The summed E-state index contributed by atoms with van der Waals surface area (Å²) in [6, 6.07) is 12.3. The molecule has 21 heavy (non-hydrogen) atoms. The maximum Gasteiger partial charge on any atom is 0.274 e. The van der Waals surface area contributed by atoms with Crippen LogP contribution in [-0.2, 0) is 11.2 Å². The van der Waals surface area contributed by atoms with E-state index in [0.717, 1.165) is 5.56 Å². The van der Waals surface area contributed by atoms with Crippen LogP contribution in [-0.4, -0.2) is 23.8 Å². The molecule has 1 aromatic carbocycles. The number of rotatable bonds is 4. The van der Waals surface area contributed by atoms with E-state index in [4.69, 9.17) is 0 Å². The number of nitrogens with one attached hydrogen (secondary N) is 2. The molecule has 5 nitrogen and oxygen atoms in total. The van der Waals surface area contributed by atoms with Crippen LogP contribution in [0.1, 0.15) is 16.1 Å². The lowest BCUT2D eigenvalue weighted by Gasteiger charge is -2.06. The molecular formula is C15H14BrN3O2. The lowest BCUT2D eigenvalue weighted by Crippen LogP contribution is -2.19. The minimum absolute atomic E-state index is 0.0508. The Balaban J connectivity index is 2.03. The van der Waals surface area contributed by atoms with Crippen LogP contribution >= 0.6 is 15.9 Å². The predicted molar refractivity (Wildman–Crippen MR) is 84.1 cm³/mol. The molecule has 0 atom stereocenters. The van der Waals surface area contributed by atoms with E-state index in [1.54, 1.807) is 49.5 Å². The van der Waals surface area contributed by atoms with Gasteiger partial charge in [-0.25, -0.2) is 4.98 Å². The topological polar surface area (TPSA) is 71.1 Å². The van der Waals surface area contributed by atoms with Gasteiger partial charge in [0.05, 0.1) is 6.42 Å². The van der Waals surface area contributed by atoms with Gasteiger partial charge in [-0.1, -0.05) is 18.2 Å². The van der Waals surface area contributed by atoms with Gasteiger partial charge in [0.2, 0.25) is 5.91 Å². The van der Waals surface area contributed by atoms with Gasteiger partial charge in [-0.05, 0) is 45.8 Å². The summed E-state index contributed by atoms with van der Waals surface area (Å²) in [4.78, 5) is 27.4. The standard InChI is InChI=1S/C15H14BrN3O2/c1-17-14(20)9-10-5-7-11(8-6-10)18-15(21)12-3-2-4-13(16)19-12/h2-8H,9H2,1H3,(H,17,20)(H,18,21). The van der Waals surface area contributed by atoms with Crippen molar-refractivity contribution in [3.63, 3.8) is 0 Å². The van der Waals surface area contributed by atoms with Crippen LogP contribution in [0, 0.1) is 0 Å². The number of likely N-dealkylation sites (N-methyl/N-ethyl adjacent to an activating group) is 1. The summed E-state index contributed by atoms with van der Waals surface area (Å²) in [6.07, 6.45) is 0.317. The van der Waals surface area contributed by atoms with E-state index < -0.39 is 0 Å². The summed E-state index contributed by atoms with van der Waals surface area (Å²) in [5, 5.41) is 5.32. The molecule has 0 aliphatic heterocycles. The normalized spacial score (nSPS) is 10.0. The van der Waals surface area contributed by atoms with Gasteiger partial charge in [-0.3, -0.25) is 9.59 Å². The number of aromatic nitrogens is 1. The van der Waals surface area contributed by atoms with Crippen molar-refractivity contribution in [2.75, 3.05) is 12.4 Å². The zero-order chi connectivity index (χ0) is 15.2. The molecule has 2 N–H and O–H groups in total. The largest absolute Gasteiger partial charge is 0.359 e. The molecule has 0 spiro atoms. The summed E-state index contributed by atoms with van der Waals surface area (Å²) in [5.74, 6) is -0.333. The summed E-state index contributed by atoms with van der Waals surface area (Å²) < 4.78 is 0.607. The number of amides is 2. The quantitative estimate of drug-likeness (QED) is 0.834. The van der Waals surface area contributed by atoms with Crippen LogP contribution in [0.2, 0.25) is 0 Å². The zero-order valence-corrected chi connectivity index (χ0v) is 13.0. The zero-order valence-electron chi connectivity index (χ0n) is 11.4. The fourth-order valence-electron chi connectivity index (χ4n) is 1.71. The van der Waals surface area contributed by atoms with Gasteiger partial charge in [0, 0.05) is 12.7 Å². The van der Waals surface area contributed by atoms with Crippen LogP contribution < -0.4 is 10.6 Å². The second-order valence-electron chi connectivity index (χ2n) is 4.35. The average molecular weight is 348 g/mol. The van der Waals surface area contributed by atoms with Crippen molar-refractivity contribution in [1.29, 1.82) is 0 Å². The Kier molecular flexibility index (Phi) is 5.05. The highest BCUT2D eigenvalue weighted by atomic mass is 79.9. The van der Waals surface area contributed by atoms with Gasteiger partial charge in [0.15, 0.2) is 0 Å². The Morgan fingerprint density at radius 2 is 1.86 bits per heavy atom. The third-order valence-corrected chi connectivity index (χ3v) is 3.24. The summed E-state index contributed by atoms with van der Waals surface area (Å²) in [5.41, 5.74) is 1.87. The van der Waals surface area contributed by atoms with E-state index in [0.29, 0.717) is 22.4 Å². The minimum Gasteiger partial charge on any atom is -0.359 e. The van der Waals surface area contributed by atoms with Gasteiger partial charge in [-0.2, -0.15) is 0 Å². The SMILES string of the molecule is CNC(=O)Cc1ccc(NC(=O)c2cccc(Br)n2)cc1. The van der Waals surface area contributed by atoms with Crippen LogP contribution in [0.3, 0.4) is 0 Å². The number of nitrogens with zero attached hydrogens (tertiary/aromatic N) is 1. The first-order chi connectivity index (χ1) is 10.1. The van der Waals surface area contributed by atoms with E-state index >= 15 is 0 Å². The van der Waals surface area contributed by atoms with Crippen molar-refractivity contribution < 1.29 is 9.59 Å².